The molecule has 0 unspecified atom stereocenters. The zero-order valence-corrected chi connectivity index (χ0v) is 18.4. The first-order valence-electron chi connectivity index (χ1n) is 9.42. The summed E-state index contributed by atoms with van der Waals surface area (Å²) in [5.41, 5.74) is 2.77. The van der Waals surface area contributed by atoms with Crippen LogP contribution in [0.3, 0.4) is 0 Å². The van der Waals surface area contributed by atoms with Crippen LogP contribution < -0.4 is 25.6 Å². The van der Waals surface area contributed by atoms with Crippen molar-refractivity contribution in [1.29, 1.82) is 0 Å². The Morgan fingerprint density at radius 1 is 1.33 bits per heavy atom. The lowest BCUT2D eigenvalue weighted by atomic mass is 9.95. The Kier molecular flexibility index (Phi) is 5.23. The van der Waals surface area contributed by atoms with Gasteiger partial charge in [-0.15, -0.1) is 0 Å². The third-order valence-corrected chi connectivity index (χ3v) is 5.40. The summed E-state index contributed by atoms with van der Waals surface area (Å²) in [5.74, 6) is 6.36. The highest BCUT2D eigenvalue weighted by Gasteiger charge is 2.36. The first-order chi connectivity index (χ1) is 14.2. The number of fused-ring (bicyclic) bond motifs is 1. The van der Waals surface area contributed by atoms with E-state index in [-0.39, 0.29) is 24.9 Å². The zero-order chi connectivity index (χ0) is 21.6. The highest BCUT2D eigenvalue weighted by molar-refractivity contribution is 9.10. The summed E-state index contributed by atoms with van der Waals surface area (Å²) < 4.78 is 32.8. The predicted octanol–water partition coefficient (Wildman–Crippen LogP) is 4.08. The van der Waals surface area contributed by atoms with Crippen molar-refractivity contribution in [2.75, 3.05) is 23.5 Å². The molecule has 0 saturated heterocycles. The van der Waals surface area contributed by atoms with Gasteiger partial charge in [-0.1, -0.05) is 0 Å². The van der Waals surface area contributed by atoms with E-state index in [1.807, 2.05) is 0 Å². The number of nitrogen functional groups attached to an aromatic ring is 1. The number of carbonyl (C=O) groups excluding carboxylic acids is 1. The van der Waals surface area contributed by atoms with Crippen LogP contribution >= 0.6 is 15.9 Å². The van der Waals surface area contributed by atoms with Crippen molar-refractivity contribution < 1.29 is 23.4 Å². The lowest BCUT2D eigenvalue weighted by Gasteiger charge is -2.28. The number of halogens is 2. The molecule has 1 amide bonds. The van der Waals surface area contributed by atoms with Crippen molar-refractivity contribution in [2.24, 2.45) is 5.84 Å². The van der Waals surface area contributed by atoms with Crippen LogP contribution in [-0.4, -0.2) is 29.9 Å². The molecule has 8 nitrogen and oxygen atoms in total. The number of nitrogens with zero attached hydrogens (tertiary/aromatic N) is 2. The van der Waals surface area contributed by atoms with Gasteiger partial charge in [0.05, 0.1) is 30.1 Å². The zero-order valence-electron chi connectivity index (χ0n) is 16.8. The summed E-state index contributed by atoms with van der Waals surface area (Å²) in [7, 11) is 0. The second-order valence-corrected chi connectivity index (χ2v) is 8.96. The van der Waals surface area contributed by atoms with Gasteiger partial charge < -0.3 is 19.6 Å². The van der Waals surface area contributed by atoms with Crippen molar-refractivity contribution in [2.45, 2.75) is 38.8 Å². The van der Waals surface area contributed by atoms with Gasteiger partial charge in [-0.05, 0) is 48.8 Å². The average Bonchev–Trinajstić information content (AvgIpc) is 3.09. The number of nitrogens with one attached hydrogen (secondary N) is 1. The van der Waals surface area contributed by atoms with Crippen molar-refractivity contribution in [1.82, 2.24) is 4.98 Å². The minimum Gasteiger partial charge on any atom is -0.493 e. The van der Waals surface area contributed by atoms with Crippen LogP contribution in [0, 0.1) is 5.82 Å². The number of nitrogens with two attached hydrogens (primary N) is 1. The summed E-state index contributed by atoms with van der Waals surface area (Å²) >= 11 is 3.38. The van der Waals surface area contributed by atoms with E-state index < -0.39 is 17.5 Å². The van der Waals surface area contributed by atoms with Crippen LogP contribution in [0.4, 0.5) is 20.8 Å². The van der Waals surface area contributed by atoms with Crippen LogP contribution in [0.25, 0.3) is 0 Å². The first kappa shape index (κ1) is 20.7. The van der Waals surface area contributed by atoms with Gasteiger partial charge in [-0.25, -0.2) is 20.0 Å². The van der Waals surface area contributed by atoms with Crippen molar-refractivity contribution in [3.63, 3.8) is 0 Å². The summed E-state index contributed by atoms with van der Waals surface area (Å²) in [4.78, 5) is 18.8. The SMILES string of the molecule is CC(C)(C)OC(=O)N1Cc2c(F)ccc3c2[C@@H](COc2cc(Br)c(NN)nc21)CO3. The fourth-order valence-electron chi connectivity index (χ4n) is 3.51. The van der Waals surface area contributed by atoms with E-state index in [4.69, 9.17) is 20.1 Å². The van der Waals surface area contributed by atoms with Gasteiger partial charge in [0.15, 0.2) is 17.4 Å². The van der Waals surface area contributed by atoms with E-state index in [2.05, 4.69) is 26.3 Å². The summed E-state index contributed by atoms with van der Waals surface area (Å²) in [5, 5.41) is 0. The summed E-state index contributed by atoms with van der Waals surface area (Å²) in [6, 6.07) is 4.60. The predicted molar refractivity (Wildman–Crippen MR) is 112 cm³/mol. The monoisotopic (exact) mass is 480 g/mol. The van der Waals surface area contributed by atoms with Crippen molar-refractivity contribution in [3.05, 3.63) is 39.6 Å². The topological polar surface area (TPSA) is 98.9 Å². The summed E-state index contributed by atoms with van der Waals surface area (Å²) in [6.07, 6.45) is -0.681. The molecule has 1 aromatic carbocycles. The Hall–Kier alpha value is -2.59. The number of hydrazine groups is 1. The Morgan fingerprint density at radius 2 is 2.03 bits per heavy atom. The lowest BCUT2D eigenvalue weighted by Crippen LogP contribution is -2.37. The van der Waals surface area contributed by atoms with Gasteiger partial charge in [-0.3, -0.25) is 4.90 Å². The molecule has 3 N–H and O–H groups in total. The van der Waals surface area contributed by atoms with Gasteiger partial charge in [0.25, 0.3) is 0 Å². The number of carbonyl (C=O) groups is 1. The van der Waals surface area contributed by atoms with Gasteiger partial charge in [-0.2, -0.15) is 0 Å². The van der Waals surface area contributed by atoms with Gasteiger partial charge in [0, 0.05) is 17.2 Å². The van der Waals surface area contributed by atoms with Crippen LogP contribution in [0.5, 0.6) is 11.5 Å². The number of hydrogen-bond acceptors (Lipinski definition) is 7. The Balaban J connectivity index is 1.89. The molecule has 2 aromatic rings. The Labute approximate surface area is 181 Å². The fourth-order valence-corrected chi connectivity index (χ4v) is 3.92. The highest BCUT2D eigenvalue weighted by Crippen LogP contribution is 2.43. The standard InChI is InChI=1S/C20H22BrFN4O4/c1-20(2,3)30-19(27)26-7-11-13(22)4-5-14-16(11)10(8-28-14)9-29-15-6-12(21)17(25-23)24-18(15)26/h4-6,10H,7-9,23H2,1-3H3,(H,24,25)/t10-/m1/s1. The van der Waals surface area contributed by atoms with E-state index in [0.717, 1.165) is 0 Å². The number of pyridine rings is 1. The van der Waals surface area contributed by atoms with Crippen molar-refractivity contribution >= 4 is 33.7 Å². The number of benzene rings is 1. The van der Waals surface area contributed by atoms with Crippen molar-refractivity contribution in [3.8, 4) is 11.5 Å². The number of hydrogen-bond donors (Lipinski definition) is 2. The van der Waals surface area contributed by atoms with Gasteiger partial charge in [0.1, 0.15) is 17.2 Å². The molecule has 2 aliphatic heterocycles. The molecular formula is C20H22BrFN4O4. The lowest BCUT2D eigenvalue weighted by molar-refractivity contribution is 0.0575. The molecule has 10 heteroatoms. The molecular weight excluding hydrogens is 459 g/mol. The molecule has 4 rings (SSSR count). The maximum atomic E-state index is 14.9. The molecule has 3 heterocycles. The second-order valence-electron chi connectivity index (χ2n) is 8.11. The molecule has 30 heavy (non-hydrogen) atoms. The minimum absolute atomic E-state index is 0.0984. The molecule has 160 valence electrons. The highest BCUT2D eigenvalue weighted by atomic mass is 79.9. The molecule has 0 radical (unpaired) electrons. The third kappa shape index (κ3) is 3.77. The second kappa shape index (κ2) is 7.59. The van der Waals surface area contributed by atoms with Crippen LogP contribution in [-0.2, 0) is 11.3 Å². The quantitative estimate of drug-likeness (QED) is 0.468. The number of aromatic nitrogens is 1. The molecule has 0 aliphatic carbocycles. The Morgan fingerprint density at radius 3 is 2.70 bits per heavy atom. The van der Waals surface area contributed by atoms with Gasteiger partial charge >= 0.3 is 6.09 Å². The Bertz CT molecular complexity index is 1010. The average molecular weight is 481 g/mol. The van der Waals surface area contributed by atoms with Crippen LogP contribution in [0.2, 0.25) is 0 Å². The molecule has 0 fully saturated rings. The molecule has 0 saturated carbocycles. The molecule has 0 bridgehead atoms. The van der Waals surface area contributed by atoms with E-state index >= 15 is 0 Å². The molecule has 0 spiro atoms. The number of ether oxygens (including phenoxy) is 3. The first-order valence-corrected chi connectivity index (χ1v) is 10.2. The minimum atomic E-state index is -0.760. The maximum absolute atomic E-state index is 14.9. The maximum Gasteiger partial charge on any atom is 0.416 e. The number of rotatable bonds is 1. The fraction of sp³-hybridized carbons (Fsp3) is 0.400. The number of anilines is 2. The van der Waals surface area contributed by atoms with E-state index in [1.54, 1.807) is 32.9 Å². The van der Waals surface area contributed by atoms with E-state index in [9.17, 15) is 9.18 Å². The van der Waals surface area contributed by atoms with Gasteiger partial charge in [0.2, 0.25) is 0 Å². The molecule has 2 aliphatic rings. The normalized spacial score (nSPS) is 17.5. The third-order valence-electron chi connectivity index (χ3n) is 4.79. The van der Waals surface area contributed by atoms with Crippen LogP contribution in [0.15, 0.2) is 22.7 Å². The van der Waals surface area contributed by atoms with Crippen LogP contribution in [0.1, 0.15) is 37.8 Å². The molecule has 1 atom stereocenters. The number of amides is 1. The molecule has 1 aromatic heterocycles. The smallest absolute Gasteiger partial charge is 0.416 e. The van der Waals surface area contributed by atoms with E-state index in [0.29, 0.717) is 39.5 Å². The summed E-state index contributed by atoms with van der Waals surface area (Å²) in [6.45, 7) is 5.77. The van der Waals surface area contributed by atoms with E-state index in [1.165, 1.54) is 11.0 Å². The largest absolute Gasteiger partial charge is 0.493 e.